The topological polar surface area (TPSA) is 43.1 Å². The van der Waals surface area contributed by atoms with E-state index in [1.54, 1.807) is 0 Å². The fourth-order valence-corrected chi connectivity index (χ4v) is 1.77. The van der Waals surface area contributed by atoms with Crippen LogP contribution < -0.4 is 5.73 Å². The molecule has 0 rings (SSSR count). The van der Waals surface area contributed by atoms with Gasteiger partial charge in [0, 0.05) is 0 Å². The Labute approximate surface area is 100 Å². The first-order chi connectivity index (χ1) is 7.77. The predicted molar refractivity (Wildman–Crippen MR) is 70.2 cm³/mol. The third-order valence-corrected chi connectivity index (χ3v) is 2.76. The fourth-order valence-electron chi connectivity index (χ4n) is 1.77. The van der Waals surface area contributed by atoms with E-state index in [4.69, 9.17) is 5.73 Å². The van der Waals surface area contributed by atoms with Gasteiger partial charge in [0.1, 0.15) is 0 Å². The highest BCUT2D eigenvalue weighted by molar-refractivity contribution is 5.85. The molecule has 2 heteroatoms. The Balaban J connectivity index is 3.01. The normalized spacial score (nSPS) is 11.1. The van der Waals surface area contributed by atoms with Crippen molar-refractivity contribution in [2.75, 3.05) is 0 Å². The summed E-state index contributed by atoms with van der Waals surface area (Å²) in [5, 5.41) is 0. The summed E-state index contributed by atoms with van der Waals surface area (Å²) in [6.07, 6.45) is 16.4. The van der Waals surface area contributed by atoms with Crippen LogP contribution in [0.1, 0.15) is 71.1 Å². The van der Waals surface area contributed by atoms with E-state index in [0.717, 1.165) is 6.42 Å². The van der Waals surface area contributed by atoms with Crippen LogP contribution in [-0.2, 0) is 4.79 Å². The van der Waals surface area contributed by atoms with Crippen molar-refractivity contribution < 1.29 is 4.79 Å². The second-order valence-corrected chi connectivity index (χ2v) is 4.42. The van der Waals surface area contributed by atoms with Gasteiger partial charge in [0.15, 0.2) is 0 Å². The number of rotatable bonds is 11. The number of primary amides is 1. The van der Waals surface area contributed by atoms with Gasteiger partial charge in [0.05, 0.1) is 0 Å². The van der Waals surface area contributed by atoms with Crippen molar-refractivity contribution >= 4 is 5.91 Å². The number of nitrogens with two attached hydrogens (primary N) is 1. The maximum absolute atomic E-state index is 10.4. The molecule has 0 spiro atoms. The number of unbranched alkanes of at least 4 members (excludes halogenated alkanes) is 9. The van der Waals surface area contributed by atoms with Crippen LogP contribution >= 0.6 is 0 Å². The maximum atomic E-state index is 10.4. The summed E-state index contributed by atoms with van der Waals surface area (Å²) in [5.41, 5.74) is 4.99. The first-order valence-corrected chi connectivity index (χ1v) is 6.73. The first-order valence-electron chi connectivity index (χ1n) is 6.73. The molecular formula is C14H27NO. The van der Waals surface area contributed by atoms with Gasteiger partial charge in [-0.2, -0.15) is 0 Å². The van der Waals surface area contributed by atoms with Crippen LogP contribution in [0.15, 0.2) is 12.2 Å². The summed E-state index contributed by atoms with van der Waals surface area (Å²) < 4.78 is 0. The van der Waals surface area contributed by atoms with E-state index in [0.29, 0.717) is 0 Å². The molecule has 94 valence electrons. The molecule has 1 amide bonds. The molecule has 0 aliphatic carbocycles. The van der Waals surface area contributed by atoms with Crippen molar-refractivity contribution in [1.82, 2.24) is 0 Å². The van der Waals surface area contributed by atoms with Crippen LogP contribution in [-0.4, -0.2) is 5.91 Å². The second kappa shape index (κ2) is 12.3. The second-order valence-electron chi connectivity index (χ2n) is 4.42. The molecule has 2 nitrogen and oxygen atoms in total. The summed E-state index contributed by atoms with van der Waals surface area (Å²) in [7, 11) is 0. The number of allylic oxidation sites excluding steroid dienone is 1. The summed E-state index contributed by atoms with van der Waals surface area (Å²) in [4.78, 5) is 10.4. The van der Waals surface area contributed by atoms with Gasteiger partial charge in [0.25, 0.3) is 0 Å². The highest BCUT2D eigenvalue weighted by Gasteiger charge is 1.91. The van der Waals surface area contributed by atoms with E-state index in [-0.39, 0.29) is 5.91 Å². The monoisotopic (exact) mass is 225 g/mol. The highest BCUT2D eigenvalue weighted by Crippen LogP contribution is 2.10. The van der Waals surface area contributed by atoms with Gasteiger partial charge in [-0.05, 0) is 18.9 Å². The largest absolute Gasteiger partial charge is 0.366 e. The fraction of sp³-hybridized carbons (Fsp3) is 0.786. The Morgan fingerprint density at radius 3 is 1.94 bits per heavy atom. The molecule has 0 aromatic heterocycles. The molecule has 0 aromatic rings. The molecule has 0 saturated heterocycles. The van der Waals surface area contributed by atoms with Crippen LogP contribution in [0.25, 0.3) is 0 Å². The van der Waals surface area contributed by atoms with Gasteiger partial charge in [0.2, 0.25) is 5.91 Å². The summed E-state index contributed by atoms with van der Waals surface area (Å²) >= 11 is 0. The lowest BCUT2D eigenvalue weighted by Crippen LogP contribution is -2.05. The zero-order chi connectivity index (χ0) is 12.1. The minimum atomic E-state index is -0.337. The van der Waals surface area contributed by atoms with Crippen molar-refractivity contribution in [2.45, 2.75) is 71.1 Å². The quantitative estimate of drug-likeness (QED) is 0.420. The molecule has 0 heterocycles. The summed E-state index contributed by atoms with van der Waals surface area (Å²) in [5.74, 6) is -0.337. The number of hydrogen-bond donors (Lipinski definition) is 1. The molecule has 16 heavy (non-hydrogen) atoms. The van der Waals surface area contributed by atoms with Crippen LogP contribution in [0.5, 0.6) is 0 Å². The van der Waals surface area contributed by atoms with Gasteiger partial charge < -0.3 is 5.73 Å². The minimum Gasteiger partial charge on any atom is -0.366 e. The molecule has 0 unspecified atom stereocenters. The Morgan fingerprint density at radius 1 is 0.938 bits per heavy atom. The molecule has 0 aliphatic rings. The third-order valence-electron chi connectivity index (χ3n) is 2.76. The van der Waals surface area contributed by atoms with Gasteiger partial charge in [-0.15, -0.1) is 0 Å². The lowest BCUT2D eigenvalue weighted by atomic mass is 10.1. The van der Waals surface area contributed by atoms with E-state index in [1.807, 2.05) is 6.08 Å². The Kier molecular flexibility index (Phi) is 11.7. The summed E-state index contributed by atoms with van der Waals surface area (Å²) in [6, 6.07) is 0. The van der Waals surface area contributed by atoms with Crippen molar-refractivity contribution in [3.05, 3.63) is 12.2 Å². The Bertz CT molecular complexity index is 187. The van der Waals surface area contributed by atoms with Crippen LogP contribution in [0.4, 0.5) is 0 Å². The molecule has 0 fully saturated rings. The van der Waals surface area contributed by atoms with E-state index in [9.17, 15) is 4.79 Å². The standard InChI is InChI=1S/C14H27NO/c1-2-3-4-5-6-7-8-9-10-11-12-13-14(15)16/h12-13H,2-11H2,1H3,(H2,15,16)/b13-12+. The minimum absolute atomic E-state index is 0.337. The van der Waals surface area contributed by atoms with Crippen molar-refractivity contribution in [3.63, 3.8) is 0 Å². The van der Waals surface area contributed by atoms with E-state index < -0.39 is 0 Å². The zero-order valence-electron chi connectivity index (χ0n) is 10.7. The van der Waals surface area contributed by atoms with Gasteiger partial charge >= 0.3 is 0 Å². The Hall–Kier alpha value is -0.790. The summed E-state index contributed by atoms with van der Waals surface area (Å²) in [6.45, 7) is 2.25. The SMILES string of the molecule is CCCCCCCCCCC/C=C/C(N)=O. The number of carbonyl (C=O) groups excluding carboxylic acids is 1. The van der Waals surface area contributed by atoms with Gasteiger partial charge in [-0.3, -0.25) is 4.79 Å². The lowest BCUT2D eigenvalue weighted by Gasteiger charge is -2.00. The zero-order valence-corrected chi connectivity index (χ0v) is 10.7. The van der Waals surface area contributed by atoms with Crippen LogP contribution in [0.3, 0.4) is 0 Å². The molecule has 2 N–H and O–H groups in total. The molecule has 0 bridgehead atoms. The molecule has 0 atom stereocenters. The molecule has 0 aliphatic heterocycles. The highest BCUT2D eigenvalue weighted by atomic mass is 16.1. The first kappa shape index (κ1) is 15.2. The van der Waals surface area contributed by atoms with Gasteiger partial charge in [-0.1, -0.05) is 64.4 Å². The molecule has 0 aromatic carbocycles. The van der Waals surface area contributed by atoms with E-state index in [1.165, 1.54) is 63.9 Å². The molecule has 0 saturated carbocycles. The number of amides is 1. The Morgan fingerprint density at radius 2 is 1.44 bits per heavy atom. The van der Waals surface area contributed by atoms with Crippen molar-refractivity contribution in [1.29, 1.82) is 0 Å². The lowest BCUT2D eigenvalue weighted by molar-refractivity contribution is -0.113. The maximum Gasteiger partial charge on any atom is 0.241 e. The smallest absolute Gasteiger partial charge is 0.241 e. The van der Waals surface area contributed by atoms with Crippen molar-refractivity contribution in [2.24, 2.45) is 5.73 Å². The van der Waals surface area contributed by atoms with Crippen LogP contribution in [0, 0.1) is 0 Å². The van der Waals surface area contributed by atoms with Crippen LogP contribution in [0.2, 0.25) is 0 Å². The number of carbonyl (C=O) groups is 1. The number of hydrogen-bond acceptors (Lipinski definition) is 1. The molecule has 0 radical (unpaired) electrons. The average molecular weight is 225 g/mol. The van der Waals surface area contributed by atoms with E-state index >= 15 is 0 Å². The van der Waals surface area contributed by atoms with Gasteiger partial charge in [-0.25, -0.2) is 0 Å². The predicted octanol–water partition coefficient (Wildman–Crippen LogP) is 3.95. The molecular weight excluding hydrogens is 198 g/mol. The average Bonchev–Trinajstić information content (AvgIpc) is 2.25. The third kappa shape index (κ3) is 13.2. The van der Waals surface area contributed by atoms with E-state index in [2.05, 4.69) is 6.92 Å². The van der Waals surface area contributed by atoms with Crippen molar-refractivity contribution in [3.8, 4) is 0 Å².